The summed E-state index contributed by atoms with van der Waals surface area (Å²) in [5.74, 6) is -1.05. The fraction of sp³-hybridized carbons (Fsp3) is 0.375. The van der Waals surface area contributed by atoms with E-state index in [0.29, 0.717) is 24.3 Å². The van der Waals surface area contributed by atoms with Gasteiger partial charge in [0.15, 0.2) is 0 Å². The maximum absolute atomic E-state index is 13.1. The monoisotopic (exact) mass is 486 g/mol. The molecule has 1 N–H and O–H groups in total. The molecular formula is C24H27FN4O4S. The summed E-state index contributed by atoms with van der Waals surface area (Å²) in [4.78, 5) is 25.1. The molecule has 1 fully saturated rings. The molecule has 10 heteroatoms. The average molecular weight is 487 g/mol. The predicted octanol–water partition coefficient (Wildman–Crippen LogP) is 3.51. The van der Waals surface area contributed by atoms with Crippen LogP contribution >= 0.6 is 0 Å². The number of nitrogens with zero attached hydrogens (tertiary/aromatic N) is 3. The van der Waals surface area contributed by atoms with E-state index in [0.717, 1.165) is 25.7 Å². The molecule has 180 valence electrons. The zero-order valence-corrected chi connectivity index (χ0v) is 19.6. The third-order valence-electron chi connectivity index (χ3n) is 5.93. The normalized spacial score (nSPS) is 17.7. The number of carbonyl (C=O) groups excluding carboxylic acids is 2. The Morgan fingerprint density at radius 2 is 1.59 bits per heavy atom. The maximum atomic E-state index is 13.1. The Bertz CT molecular complexity index is 1170. The Morgan fingerprint density at radius 3 is 2.24 bits per heavy atom. The molecule has 1 saturated heterocycles. The number of anilines is 1. The molecule has 0 bridgehead atoms. The van der Waals surface area contributed by atoms with E-state index in [4.69, 9.17) is 0 Å². The third-order valence-corrected chi connectivity index (χ3v) is 7.84. The van der Waals surface area contributed by atoms with Crippen LogP contribution < -0.4 is 5.32 Å². The van der Waals surface area contributed by atoms with Gasteiger partial charge in [0.1, 0.15) is 11.5 Å². The summed E-state index contributed by atoms with van der Waals surface area (Å²) in [5.41, 5.74) is 1.33. The smallest absolute Gasteiger partial charge is 0.271 e. The lowest BCUT2D eigenvalue weighted by Crippen LogP contribution is -2.36. The van der Waals surface area contributed by atoms with Crippen molar-refractivity contribution in [2.75, 3.05) is 18.4 Å². The van der Waals surface area contributed by atoms with Crippen molar-refractivity contribution >= 4 is 33.2 Å². The van der Waals surface area contributed by atoms with Gasteiger partial charge >= 0.3 is 0 Å². The van der Waals surface area contributed by atoms with Gasteiger partial charge in [-0.05, 0) is 54.8 Å². The number of nitrogens with one attached hydrogen (secondary N) is 1. The highest BCUT2D eigenvalue weighted by atomic mass is 32.2. The molecule has 0 unspecified atom stereocenters. The van der Waals surface area contributed by atoms with Crippen LogP contribution in [0.2, 0.25) is 0 Å². The molecule has 0 spiro atoms. The third kappa shape index (κ3) is 5.68. The van der Waals surface area contributed by atoms with Gasteiger partial charge in [-0.15, -0.1) is 0 Å². The van der Waals surface area contributed by atoms with Crippen molar-refractivity contribution in [3.63, 3.8) is 0 Å². The summed E-state index contributed by atoms with van der Waals surface area (Å²) in [6, 6.07) is 11.8. The molecular weight excluding hydrogens is 459 g/mol. The number of sulfonamides is 1. The minimum Gasteiger partial charge on any atom is -0.321 e. The first-order chi connectivity index (χ1) is 16.3. The molecule has 0 radical (unpaired) electrons. The standard InChI is InChI=1S/C24H27FN4O4S/c25-19-7-5-18(6-8-19)17-29-23(30)14-13-22(27-29)24(31)26-20-9-11-21(12-10-20)34(32,33)28-15-3-1-2-4-16-28/h5-12H,1-4,13-17H2,(H,26,31). The molecule has 2 aromatic carbocycles. The molecule has 0 aliphatic carbocycles. The van der Waals surface area contributed by atoms with Crippen LogP contribution in [0.1, 0.15) is 44.1 Å². The summed E-state index contributed by atoms with van der Waals surface area (Å²) in [6.45, 7) is 1.18. The van der Waals surface area contributed by atoms with E-state index >= 15 is 0 Å². The van der Waals surface area contributed by atoms with Crippen molar-refractivity contribution in [2.45, 2.75) is 50.0 Å². The lowest BCUT2D eigenvalue weighted by Gasteiger charge is -2.23. The zero-order valence-electron chi connectivity index (χ0n) is 18.7. The van der Waals surface area contributed by atoms with Gasteiger partial charge in [0.05, 0.1) is 11.4 Å². The molecule has 2 heterocycles. The molecule has 4 rings (SSSR count). The Labute approximate surface area is 198 Å². The highest BCUT2D eigenvalue weighted by Crippen LogP contribution is 2.22. The lowest BCUT2D eigenvalue weighted by atomic mass is 10.1. The Hall–Kier alpha value is -3.11. The van der Waals surface area contributed by atoms with Gasteiger partial charge in [0.25, 0.3) is 5.91 Å². The second kappa shape index (κ2) is 10.4. The summed E-state index contributed by atoms with van der Waals surface area (Å²) in [5, 5.41) is 8.13. The van der Waals surface area contributed by atoms with Gasteiger partial charge in [-0.2, -0.15) is 9.41 Å². The number of hydrogen-bond donors (Lipinski definition) is 1. The molecule has 2 aromatic rings. The maximum Gasteiger partial charge on any atom is 0.271 e. The van der Waals surface area contributed by atoms with Gasteiger partial charge in [-0.25, -0.2) is 17.8 Å². The Kier molecular flexibility index (Phi) is 7.38. The van der Waals surface area contributed by atoms with Crippen molar-refractivity contribution in [2.24, 2.45) is 5.10 Å². The van der Waals surface area contributed by atoms with Gasteiger partial charge < -0.3 is 5.32 Å². The van der Waals surface area contributed by atoms with Crippen LogP contribution in [0.4, 0.5) is 10.1 Å². The summed E-state index contributed by atoms with van der Waals surface area (Å²) in [7, 11) is -3.57. The van der Waals surface area contributed by atoms with E-state index in [1.165, 1.54) is 33.6 Å². The van der Waals surface area contributed by atoms with Crippen molar-refractivity contribution in [3.05, 3.63) is 59.9 Å². The number of benzene rings is 2. The number of amides is 2. The van der Waals surface area contributed by atoms with Gasteiger partial charge in [0, 0.05) is 31.6 Å². The fourth-order valence-electron chi connectivity index (χ4n) is 4.00. The van der Waals surface area contributed by atoms with Crippen molar-refractivity contribution in [1.29, 1.82) is 0 Å². The minimum absolute atomic E-state index is 0.138. The highest BCUT2D eigenvalue weighted by molar-refractivity contribution is 7.89. The summed E-state index contributed by atoms with van der Waals surface area (Å²) < 4.78 is 40.5. The van der Waals surface area contributed by atoms with Crippen LogP contribution in [0, 0.1) is 5.82 Å². The fourth-order valence-corrected chi connectivity index (χ4v) is 5.51. The SMILES string of the molecule is O=C(Nc1ccc(S(=O)(=O)N2CCCCCC2)cc1)C1=NN(Cc2ccc(F)cc2)C(=O)CC1. The van der Waals surface area contributed by atoms with Crippen LogP contribution in [0.15, 0.2) is 58.5 Å². The van der Waals surface area contributed by atoms with E-state index in [9.17, 15) is 22.4 Å². The van der Waals surface area contributed by atoms with Gasteiger partial charge in [-0.1, -0.05) is 25.0 Å². The number of hydrazone groups is 1. The first-order valence-electron chi connectivity index (χ1n) is 11.4. The first-order valence-corrected chi connectivity index (χ1v) is 12.8. The molecule has 2 aliphatic heterocycles. The second-order valence-electron chi connectivity index (χ2n) is 8.42. The average Bonchev–Trinajstić information content (AvgIpc) is 3.12. The largest absolute Gasteiger partial charge is 0.321 e. The number of carbonyl (C=O) groups is 2. The molecule has 0 atom stereocenters. The molecule has 2 aliphatic rings. The van der Waals surface area contributed by atoms with E-state index < -0.39 is 15.9 Å². The van der Waals surface area contributed by atoms with E-state index in [2.05, 4.69) is 10.4 Å². The number of hydrogen-bond acceptors (Lipinski definition) is 5. The van der Waals surface area contributed by atoms with Crippen molar-refractivity contribution < 1.29 is 22.4 Å². The zero-order chi connectivity index (χ0) is 24.1. The lowest BCUT2D eigenvalue weighted by molar-refractivity contribution is -0.132. The van der Waals surface area contributed by atoms with E-state index in [1.54, 1.807) is 24.3 Å². The van der Waals surface area contributed by atoms with E-state index in [-0.39, 0.29) is 41.7 Å². The first kappa shape index (κ1) is 24.0. The predicted molar refractivity (Wildman–Crippen MR) is 126 cm³/mol. The highest BCUT2D eigenvalue weighted by Gasteiger charge is 2.26. The molecule has 0 aromatic heterocycles. The molecule has 2 amide bonds. The van der Waals surface area contributed by atoms with Gasteiger partial charge in [0.2, 0.25) is 15.9 Å². The van der Waals surface area contributed by atoms with Crippen LogP contribution in [-0.2, 0) is 26.2 Å². The Morgan fingerprint density at radius 1 is 0.941 bits per heavy atom. The van der Waals surface area contributed by atoms with Gasteiger partial charge in [-0.3, -0.25) is 9.59 Å². The van der Waals surface area contributed by atoms with Crippen LogP contribution in [0.5, 0.6) is 0 Å². The second-order valence-corrected chi connectivity index (χ2v) is 10.4. The van der Waals surface area contributed by atoms with E-state index in [1.807, 2.05) is 0 Å². The van der Waals surface area contributed by atoms with Crippen molar-refractivity contribution in [1.82, 2.24) is 9.31 Å². The van der Waals surface area contributed by atoms with Crippen LogP contribution in [0.3, 0.4) is 0 Å². The quantitative estimate of drug-likeness (QED) is 0.676. The summed E-state index contributed by atoms with van der Waals surface area (Å²) >= 11 is 0. The molecule has 34 heavy (non-hydrogen) atoms. The van der Waals surface area contributed by atoms with Crippen molar-refractivity contribution in [3.8, 4) is 0 Å². The Balaban J connectivity index is 1.42. The number of rotatable bonds is 6. The van der Waals surface area contributed by atoms with Crippen LogP contribution in [-0.4, -0.2) is 48.3 Å². The summed E-state index contributed by atoms with van der Waals surface area (Å²) in [6.07, 6.45) is 4.13. The minimum atomic E-state index is -3.57. The molecule has 8 nitrogen and oxygen atoms in total. The number of halogens is 1. The molecule has 0 saturated carbocycles. The topological polar surface area (TPSA) is 99.2 Å². The van der Waals surface area contributed by atoms with Crippen LogP contribution in [0.25, 0.3) is 0 Å².